The van der Waals surface area contributed by atoms with Crippen LogP contribution in [0.25, 0.3) is 0 Å². The first kappa shape index (κ1) is 14.7. The number of benzene rings is 2. The summed E-state index contributed by atoms with van der Waals surface area (Å²) in [5.74, 6) is -0.538. The van der Waals surface area contributed by atoms with Crippen molar-refractivity contribution < 1.29 is 9.18 Å². The van der Waals surface area contributed by atoms with Crippen LogP contribution in [0, 0.1) is 5.82 Å². The number of carbonyl (C=O) groups is 1. The van der Waals surface area contributed by atoms with Gasteiger partial charge in [0.25, 0.3) is 0 Å². The lowest BCUT2D eigenvalue weighted by atomic mass is 10.1. The third-order valence-corrected chi connectivity index (χ3v) is 3.59. The minimum absolute atomic E-state index is 0.0491. The van der Waals surface area contributed by atoms with E-state index in [9.17, 15) is 9.18 Å². The Hall–Kier alpha value is -1.68. The first-order chi connectivity index (χ1) is 9.56. The van der Waals surface area contributed by atoms with Crippen LogP contribution < -0.4 is 5.32 Å². The summed E-state index contributed by atoms with van der Waals surface area (Å²) in [6, 6.07) is 14.0. The molecule has 2 rings (SSSR count). The number of rotatable bonds is 4. The molecule has 20 heavy (non-hydrogen) atoms. The zero-order valence-corrected chi connectivity index (χ0v) is 12.7. The van der Waals surface area contributed by atoms with Gasteiger partial charge in [0.05, 0.1) is 12.5 Å². The van der Waals surface area contributed by atoms with Crippen molar-refractivity contribution in [1.29, 1.82) is 0 Å². The van der Waals surface area contributed by atoms with Crippen molar-refractivity contribution in [2.24, 2.45) is 0 Å². The van der Waals surface area contributed by atoms with Crippen molar-refractivity contribution >= 4 is 21.8 Å². The number of amides is 1. The van der Waals surface area contributed by atoms with Gasteiger partial charge in [-0.15, -0.1) is 0 Å². The monoisotopic (exact) mass is 335 g/mol. The molecule has 2 nitrogen and oxygen atoms in total. The fraction of sp³-hybridized carbons (Fsp3) is 0.188. The van der Waals surface area contributed by atoms with Crippen LogP contribution in [-0.4, -0.2) is 5.91 Å². The maximum absolute atomic E-state index is 13.5. The highest BCUT2D eigenvalue weighted by atomic mass is 79.9. The largest absolute Gasteiger partial charge is 0.349 e. The molecule has 0 unspecified atom stereocenters. The van der Waals surface area contributed by atoms with E-state index in [0.29, 0.717) is 5.56 Å². The molecular formula is C16H15BrFNO. The Morgan fingerprint density at radius 1 is 1.20 bits per heavy atom. The smallest absolute Gasteiger partial charge is 0.225 e. The molecule has 0 heterocycles. The third kappa shape index (κ3) is 3.90. The van der Waals surface area contributed by atoms with E-state index < -0.39 is 0 Å². The van der Waals surface area contributed by atoms with Crippen LogP contribution in [0.2, 0.25) is 0 Å². The van der Waals surface area contributed by atoms with E-state index in [0.717, 1.165) is 10.0 Å². The number of halogens is 2. The van der Waals surface area contributed by atoms with E-state index in [1.807, 2.05) is 31.2 Å². The molecule has 2 aromatic rings. The lowest BCUT2D eigenvalue weighted by molar-refractivity contribution is -0.121. The van der Waals surface area contributed by atoms with Crippen LogP contribution in [0.5, 0.6) is 0 Å². The maximum atomic E-state index is 13.5. The summed E-state index contributed by atoms with van der Waals surface area (Å²) in [6.45, 7) is 1.91. The fourth-order valence-corrected chi connectivity index (χ4v) is 2.21. The van der Waals surface area contributed by atoms with Gasteiger partial charge in [0.15, 0.2) is 0 Å². The molecule has 1 amide bonds. The number of carbonyl (C=O) groups excluding carboxylic acids is 1. The molecule has 1 atom stereocenters. The number of hydrogen-bond donors (Lipinski definition) is 1. The van der Waals surface area contributed by atoms with Crippen LogP contribution >= 0.6 is 15.9 Å². The molecule has 0 fully saturated rings. The van der Waals surface area contributed by atoms with Crippen LogP contribution in [0.3, 0.4) is 0 Å². The van der Waals surface area contributed by atoms with Crippen LogP contribution in [0.1, 0.15) is 24.1 Å². The SMILES string of the molecule is C[C@H](NC(=O)Cc1ccccc1F)c1ccc(Br)cc1. The second kappa shape index (κ2) is 6.66. The molecule has 0 spiro atoms. The zero-order valence-electron chi connectivity index (χ0n) is 11.1. The lowest BCUT2D eigenvalue weighted by Gasteiger charge is -2.14. The van der Waals surface area contributed by atoms with Gasteiger partial charge in [-0.3, -0.25) is 4.79 Å². The topological polar surface area (TPSA) is 29.1 Å². The average Bonchev–Trinajstić information content (AvgIpc) is 2.42. The lowest BCUT2D eigenvalue weighted by Crippen LogP contribution is -2.28. The third-order valence-electron chi connectivity index (χ3n) is 3.06. The van der Waals surface area contributed by atoms with Crippen LogP contribution in [-0.2, 0) is 11.2 Å². The van der Waals surface area contributed by atoms with Gasteiger partial charge in [-0.05, 0) is 36.2 Å². The second-order valence-corrected chi connectivity index (χ2v) is 5.52. The molecule has 0 aliphatic carbocycles. The van der Waals surface area contributed by atoms with Gasteiger partial charge in [0.2, 0.25) is 5.91 Å². The summed E-state index contributed by atoms with van der Waals surface area (Å²) < 4.78 is 14.5. The Morgan fingerprint density at radius 2 is 1.85 bits per heavy atom. The summed E-state index contributed by atoms with van der Waals surface area (Å²) in [7, 11) is 0. The van der Waals surface area contributed by atoms with E-state index in [1.165, 1.54) is 6.07 Å². The Balaban J connectivity index is 1.98. The van der Waals surface area contributed by atoms with Crippen LogP contribution in [0.4, 0.5) is 4.39 Å². The van der Waals surface area contributed by atoms with Crippen molar-refractivity contribution in [3.63, 3.8) is 0 Å². The van der Waals surface area contributed by atoms with Gasteiger partial charge in [-0.1, -0.05) is 46.3 Å². The highest BCUT2D eigenvalue weighted by molar-refractivity contribution is 9.10. The van der Waals surface area contributed by atoms with Gasteiger partial charge < -0.3 is 5.32 Å². The molecule has 0 bridgehead atoms. The molecule has 0 saturated heterocycles. The molecular weight excluding hydrogens is 321 g/mol. The first-order valence-corrected chi connectivity index (χ1v) is 7.14. The fourth-order valence-electron chi connectivity index (χ4n) is 1.94. The van der Waals surface area contributed by atoms with Gasteiger partial charge in [-0.25, -0.2) is 4.39 Å². The predicted molar refractivity (Wildman–Crippen MR) is 80.8 cm³/mol. The summed E-state index contributed by atoms with van der Waals surface area (Å²) in [4.78, 5) is 11.9. The summed E-state index contributed by atoms with van der Waals surface area (Å²) >= 11 is 3.37. The number of nitrogens with one attached hydrogen (secondary N) is 1. The standard InChI is InChI=1S/C16H15BrFNO/c1-11(12-6-8-14(17)9-7-12)19-16(20)10-13-4-2-3-5-15(13)18/h2-9,11H,10H2,1H3,(H,19,20)/t11-/m0/s1. The Labute approximate surface area is 126 Å². The van der Waals surface area contributed by atoms with Gasteiger partial charge >= 0.3 is 0 Å². The molecule has 0 saturated carbocycles. The normalized spacial score (nSPS) is 11.9. The molecule has 0 radical (unpaired) electrons. The minimum Gasteiger partial charge on any atom is -0.349 e. The Kier molecular flexibility index (Phi) is 4.90. The van der Waals surface area contributed by atoms with Gasteiger partial charge in [-0.2, -0.15) is 0 Å². The van der Waals surface area contributed by atoms with Crippen molar-refractivity contribution in [2.45, 2.75) is 19.4 Å². The maximum Gasteiger partial charge on any atom is 0.225 e. The summed E-state index contributed by atoms with van der Waals surface area (Å²) in [6.07, 6.45) is 0.0491. The minimum atomic E-state index is -0.348. The summed E-state index contributed by atoms with van der Waals surface area (Å²) in [5.41, 5.74) is 1.42. The van der Waals surface area contributed by atoms with E-state index >= 15 is 0 Å². The quantitative estimate of drug-likeness (QED) is 0.898. The Bertz CT molecular complexity index is 598. The molecule has 0 aliphatic heterocycles. The molecule has 104 valence electrons. The zero-order chi connectivity index (χ0) is 14.5. The van der Waals surface area contributed by atoms with Gasteiger partial charge in [0.1, 0.15) is 5.82 Å². The van der Waals surface area contributed by atoms with E-state index in [4.69, 9.17) is 0 Å². The highest BCUT2D eigenvalue weighted by Crippen LogP contribution is 2.17. The number of hydrogen-bond acceptors (Lipinski definition) is 1. The first-order valence-electron chi connectivity index (χ1n) is 6.34. The van der Waals surface area contributed by atoms with Crippen molar-refractivity contribution in [3.05, 3.63) is 69.9 Å². The second-order valence-electron chi connectivity index (χ2n) is 4.61. The highest BCUT2D eigenvalue weighted by Gasteiger charge is 2.11. The van der Waals surface area contributed by atoms with E-state index in [-0.39, 0.29) is 24.2 Å². The van der Waals surface area contributed by atoms with Crippen molar-refractivity contribution in [2.75, 3.05) is 0 Å². The molecule has 0 aromatic heterocycles. The van der Waals surface area contributed by atoms with Crippen molar-refractivity contribution in [1.82, 2.24) is 5.32 Å². The van der Waals surface area contributed by atoms with E-state index in [2.05, 4.69) is 21.2 Å². The van der Waals surface area contributed by atoms with Crippen LogP contribution in [0.15, 0.2) is 53.0 Å². The van der Waals surface area contributed by atoms with Crippen molar-refractivity contribution in [3.8, 4) is 0 Å². The molecule has 1 N–H and O–H groups in total. The molecule has 2 aromatic carbocycles. The average molecular weight is 336 g/mol. The van der Waals surface area contributed by atoms with Gasteiger partial charge in [0, 0.05) is 4.47 Å². The predicted octanol–water partition coefficient (Wildman–Crippen LogP) is 4.01. The van der Waals surface area contributed by atoms with E-state index in [1.54, 1.807) is 18.2 Å². The molecule has 0 aliphatic rings. The molecule has 4 heteroatoms. The summed E-state index contributed by atoms with van der Waals surface area (Å²) in [5, 5.41) is 2.87. The Morgan fingerprint density at radius 3 is 2.50 bits per heavy atom.